The number of aromatic nitrogens is 2. The molecule has 0 radical (unpaired) electrons. The number of likely N-dealkylation sites (tertiary alicyclic amines) is 1. The lowest BCUT2D eigenvalue weighted by Crippen LogP contribution is -2.45. The van der Waals surface area contributed by atoms with Crippen LogP contribution < -0.4 is 0 Å². The van der Waals surface area contributed by atoms with Gasteiger partial charge in [0.1, 0.15) is 0 Å². The highest BCUT2D eigenvalue weighted by molar-refractivity contribution is 5.85. The third-order valence-electron chi connectivity index (χ3n) is 5.28. The van der Waals surface area contributed by atoms with Crippen molar-refractivity contribution in [1.82, 2.24) is 19.6 Å². The number of hydrogen-bond donors (Lipinski definition) is 1. The number of nitrogens with zero attached hydrogens (tertiary/aromatic N) is 4. The van der Waals surface area contributed by atoms with Crippen LogP contribution in [-0.2, 0) is 20.8 Å². The lowest BCUT2D eigenvalue weighted by molar-refractivity contribution is -0.146. The van der Waals surface area contributed by atoms with Crippen LogP contribution in [0.5, 0.6) is 0 Å². The molecule has 0 saturated carbocycles. The molecule has 1 aromatic heterocycles. The SMILES string of the molecule is CN(CC(=O)N1CCC(C(=O)O)CC1)C(=O)CCc1cnn(-c2ccccc2)c1. The molecule has 29 heavy (non-hydrogen) atoms. The van der Waals surface area contributed by atoms with Crippen molar-refractivity contribution in [2.45, 2.75) is 25.7 Å². The molecule has 1 saturated heterocycles. The average Bonchev–Trinajstić information content (AvgIpc) is 3.21. The quantitative estimate of drug-likeness (QED) is 0.764. The van der Waals surface area contributed by atoms with Gasteiger partial charge in [0.15, 0.2) is 0 Å². The first-order chi connectivity index (χ1) is 13.9. The molecule has 1 aliphatic heterocycles. The van der Waals surface area contributed by atoms with Gasteiger partial charge < -0.3 is 14.9 Å². The monoisotopic (exact) mass is 398 g/mol. The van der Waals surface area contributed by atoms with Gasteiger partial charge in [-0.15, -0.1) is 0 Å². The summed E-state index contributed by atoms with van der Waals surface area (Å²) in [6.45, 7) is 0.868. The topological polar surface area (TPSA) is 95.7 Å². The zero-order chi connectivity index (χ0) is 20.8. The highest BCUT2D eigenvalue weighted by atomic mass is 16.4. The second-order valence-electron chi connectivity index (χ2n) is 7.37. The summed E-state index contributed by atoms with van der Waals surface area (Å²) >= 11 is 0. The van der Waals surface area contributed by atoms with Crippen LogP contribution in [0.4, 0.5) is 0 Å². The van der Waals surface area contributed by atoms with Crippen LogP contribution in [0.1, 0.15) is 24.8 Å². The number of aryl methyl sites for hydroxylation is 1. The number of aliphatic carboxylic acids is 1. The number of hydrogen-bond acceptors (Lipinski definition) is 4. The van der Waals surface area contributed by atoms with Crippen molar-refractivity contribution in [2.24, 2.45) is 5.92 Å². The molecule has 154 valence electrons. The van der Waals surface area contributed by atoms with E-state index < -0.39 is 5.97 Å². The van der Waals surface area contributed by atoms with Crippen molar-refractivity contribution in [2.75, 3.05) is 26.7 Å². The standard InChI is InChI=1S/C21H26N4O4/c1-23(15-20(27)24-11-9-17(10-12-24)21(28)29)19(26)8-7-16-13-22-25(14-16)18-5-3-2-4-6-18/h2-6,13-14,17H,7-12,15H2,1H3,(H,28,29). The Labute approximate surface area is 169 Å². The maximum absolute atomic E-state index is 12.4. The van der Waals surface area contributed by atoms with Crippen LogP contribution in [0.3, 0.4) is 0 Å². The Bertz CT molecular complexity index is 857. The van der Waals surface area contributed by atoms with E-state index in [0.29, 0.717) is 38.8 Å². The number of carbonyl (C=O) groups is 3. The Morgan fingerprint density at radius 3 is 2.52 bits per heavy atom. The molecule has 1 aliphatic rings. The molecule has 8 nitrogen and oxygen atoms in total. The van der Waals surface area contributed by atoms with Crippen molar-refractivity contribution in [3.05, 3.63) is 48.3 Å². The van der Waals surface area contributed by atoms with Crippen LogP contribution in [0.15, 0.2) is 42.7 Å². The third kappa shape index (κ3) is 5.43. The molecular weight excluding hydrogens is 372 g/mol. The van der Waals surface area contributed by atoms with Crippen LogP contribution in [0.25, 0.3) is 5.69 Å². The number of rotatable bonds is 7. The number of likely N-dealkylation sites (N-methyl/N-ethyl adjacent to an activating group) is 1. The van der Waals surface area contributed by atoms with E-state index >= 15 is 0 Å². The Morgan fingerprint density at radius 2 is 1.86 bits per heavy atom. The van der Waals surface area contributed by atoms with Gasteiger partial charge in [-0.1, -0.05) is 18.2 Å². The Balaban J connectivity index is 1.44. The molecule has 0 spiro atoms. The van der Waals surface area contributed by atoms with Crippen LogP contribution in [0.2, 0.25) is 0 Å². The van der Waals surface area contributed by atoms with Gasteiger partial charge in [-0.3, -0.25) is 14.4 Å². The van der Waals surface area contributed by atoms with Crippen LogP contribution >= 0.6 is 0 Å². The molecule has 0 aliphatic carbocycles. The molecule has 2 aromatic rings. The van der Waals surface area contributed by atoms with Crippen molar-refractivity contribution < 1.29 is 19.5 Å². The van der Waals surface area contributed by atoms with Gasteiger partial charge in [-0.25, -0.2) is 4.68 Å². The number of piperidine rings is 1. The summed E-state index contributed by atoms with van der Waals surface area (Å²) in [4.78, 5) is 38.9. The lowest BCUT2D eigenvalue weighted by atomic mass is 9.97. The van der Waals surface area contributed by atoms with Gasteiger partial charge in [-0.2, -0.15) is 5.10 Å². The maximum atomic E-state index is 12.4. The Hall–Kier alpha value is -3.16. The Morgan fingerprint density at radius 1 is 1.17 bits per heavy atom. The molecule has 0 unspecified atom stereocenters. The van der Waals surface area contributed by atoms with Gasteiger partial charge in [-0.05, 0) is 37.0 Å². The van der Waals surface area contributed by atoms with Crippen molar-refractivity contribution >= 4 is 17.8 Å². The fourth-order valence-electron chi connectivity index (χ4n) is 3.42. The van der Waals surface area contributed by atoms with Gasteiger partial charge in [0.2, 0.25) is 11.8 Å². The first-order valence-corrected chi connectivity index (χ1v) is 9.77. The maximum Gasteiger partial charge on any atom is 0.306 e. The molecule has 2 amide bonds. The van der Waals surface area contributed by atoms with Crippen LogP contribution in [-0.4, -0.2) is 69.2 Å². The minimum absolute atomic E-state index is 0.0137. The number of carbonyl (C=O) groups excluding carboxylic acids is 2. The fourth-order valence-corrected chi connectivity index (χ4v) is 3.42. The first kappa shape index (κ1) is 20.6. The summed E-state index contributed by atoms with van der Waals surface area (Å²) in [7, 11) is 1.62. The summed E-state index contributed by atoms with van der Waals surface area (Å²) < 4.78 is 1.77. The molecule has 2 heterocycles. The van der Waals surface area contributed by atoms with Crippen molar-refractivity contribution in [1.29, 1.82) is 0 Å². The summed E-state index contributed by atoms with van der Waals surface area (Å²) in [6.07, 6.45) is 5.42. The molecule has 0 atom stereocenters. The molecule has 8 heteroatoms. The van der Waals surface area contributed by atoms with Crippen LogP contribution in [0, 0.1) is 5.92 Å². The predicted octanol–water partition coefficient (Wildman–Crippen LogP) is 1.59. The highest BCUT2D eigenvalue weighted by Crippen LogP contribution is 2.17. The number of carboxylic acids is 1. The molecule has 1 aromatic carbocycles. The van der Waals surface area contributed by atoms with Gasteiger partial charge in [0.05, 0.1) is 24.3 Å². The summed E-state index contributed by atoms with van der Waals surface area (Å²) in [5, 5.41) is 13.4. The van der Waals surface area contributed by atoms with Gasteiger partial charge >= 0.3 is 5.97 Å². The van der Waals surface area contributed by atoms with E-state index in [1.54, 1.807) is 22.8 Å². The zero-order valence-electron chi connectivity index (χ0n) is 16.5. The zero-order valence-corrected chi connectivity index (χ0v) is 16.5. The third-order valence-corrected chi connectivity index (χ3v) is 5.28. The number of para-hydroxylation sites is 1. The molecule has 3 rings (SSSR count). The van der Waals surface area contributed by atoms with Crippen molar-refractivity contribution in [3.63, 3.8) is 0 Å². The minimum atomic E-state index is -0.806. The second-order valence-corrected chi connectivity index (χ2v) is 7.37. The van der Waals surface area contributed by atoms with E-state index in [-0.39, 0.29) is 24.3 Å². The van der Waals surface area contributed by atoms with E-state index in [4.69, 9.17) is 5.11 Å². The van der Waals surface area contributed by atoms with E-state index in [1.165, 1.54) is 4.90 Å². The predicted molar refractivity (Wildman–Crippen MR) is 106 cm³/mol. The summed E-state index contributed by atoms with van der Waals surface area (Å²) in [5.74, 6) is -1.43. The summed E-state index contributed by atoms with van der Waals surface area (Å²) in [6, 6.07) is 9.74. The fraction of sp³-hybridized carbons (Fsp3) is 0.429. The highest BCUT2D eigenvalue weighted by Gasteiger charge is 2.27. The molecule has 1 N–H and O–H groups in total. The van der Waals surface area contributed by atoms with E-state index in [0.717, 1.165) is 11.3 Å². The molecule has 0 bridgehead atoms. The molecule has 1 fully saturated rings. The number of carboxylic acid groups (broad SMARTS) is 1. The minimum Gasteiger partial charge on any atom is -0.481 e. The number of amides is 2. The van der Waals surface area contributed by atoms with E-state index in [2.05, 4.69) is 5.10 Å². The molecular formula is C21H26N4O4. The van der Waals surface area contributed by atoms with E-state index in [9.17, 15) is 14.4 Å². The van der Waals surface area contributed by atoms with Gasteiger partial charge in [0.25, 0.3) is 0 Å². The normalized spacial score (nSPS) is 14.6. The lowest BCUT2D eigenvalue weighted by Gasteiger charge is -2.31. The Kier molecular flexibility index (Phi) is 6.64. The second kappa shape index (κ2) is 9.36. The average molecular weight is 398 g/mol. The van der Waals surface area contributed by atoms with Gasteiger partial charge in [0, 0.05) is 32.8 Å². The number of benzene rings is 1. The first-order valence-electron chi connectivity index (χ1n) is 9.77. The largest absolute Gasteiger partial charge is 0.481 e. The van der Waals surface area contributed by atoms with Crippen molar-refractivity contribution in [3.8, 4) is 5.69 Å². The smallest absolute Gasteiger partial charge is 0.306 e. The van der Waals surface area contributed by atoms with E-state index in [1.807, 2.05) is 36.5 Å². The summed E-state index contributed by atoms with van der Waals surface area (Å²) in [5.41, 5.74) is 1.91.